The van der Waals surface area contributed by atoms with Crippen molar-refractivity contribution in [3.8, 4) is 11.3 Å². The van der Waals surface area contributed by atoms with E-state index in [-0.39, 0.29) is 12.1 Å². The molecule has 0 aliphatic rings. The summed E-state index contributed by atoms with van der Waals surface area (Å²) >= 11 is 0. The molecule has 1 amide bonds. The standard InChI is InChI=1S/C29H36F3N3O3Si/c1-28(2,3)39(4,5)38-26(29(30,31)32)23(18-20-12-8-6-9-13-20)34-25(36)19-35-24(17-16-22(33)27(35)37)21-14-10-7-11-15-21/h6-17,23,26H,18-19,33H2,1-5H3,(H,34,36). The van der Waals surface area contributed by atoms with Gasteiger partial charge in [0.1, 0.15) is 6.54 Å². The number of alkyl halides is 3. The Morgan fingerprint density at radius 1 is 0.974 bits per heavy atom. The molecule has 1 heterocycles. The number of amides is 1. The van der Waals surface area contributed by atoms with Gasteiger partial charge in [-0.15, -0.1) is 0 Å². The zero-order chi connectivity index (χ0) is 29.0. The molecule has 6 nitrogen and oxygen atoms in total. The van der Waals surface area contributed by atoms with Crippen molar-refractivity contribution >= 4 is 19.9 Å². The summed E-state index contributed by atoms with van der Waals surface area (Å²) in [6, 6.07) is 19.2. The summed E-state index contributed by atoms with van der Waals surface area (Å²) in [4.78, 5) is 26.3. The predicted octanol–water partition coefficient (Wildman–Crippen LogP) is 5.78. The molecular formula is C29H36F3N3O3Si. The van der Waals surface area contributed by atoms with Crippen LogP contribution in [0, 0.1) is 0 Å². The SMILES string of the molecule is CC(C)(C)[Si](C)(C)OC(C(Cc1ccccc1)NC(=O)Cn1c(-c2ccccc2)ccc(N)c1=O)C(F)(F)F. The van der Waals surface area contributed by atoms with Crippen LogP contribution in [0.2, 0.25) is 18.1 Å². The van der Waals surface area contributed by atoms with Gasteiger partial charge in [0, 0.05) is 0 Å². The molecule has 2 aromatic carbocycles. The summed E-state index contributed by atoms with van der Waals surface area (Å²) in [5.74, 6) is -0.756. The van der Waals surface area contributed by atoms with Crippen LogP contribution in [0.3, 0.4) is 0 Å². The van der Waals surface area contributed by atoms with Gasteiger partial charge in [-0.2, -0.15) is 13.2 Å². The highest BCUT2D eigenvalue weighted by Gasteiger charge is 2.51. The van der Waals surface area contributed by atoms with Gasteiger partial charge in [0.2, 0.25) is 5.91 Å². The lowest BCUT2D eigenvalue weighted by Crippen LogP contribution is -2.58. The lowest BCUT2D eigenvalue weighted by atomic mass is 10.0. The summed E-state index contributed by atoms with van der Waals surface area (Å²) in [5, 5.41) is 2.07. The van der Waals surface area contributed by atoms with E-state index in [9.17, 15) is 22.8 Å². The van der Waals surface area contributed by atoms with Gasteiger partial charge < -0.3 is 15.5 Å². The number of pyridine rings is 1. The van der Waals surface area contributed by atoms with E-state index < -0.39 is 49.7 Å². The number of anilines is 1. The molecule has 0 aliphatic carbocycles. The molecule has 0 bridgehead atoms. The molecule has 0 radical (unpaired) electrons. The second-order valence-electron chi connectivity index (χ2n) is 11.1. The van der Waals surface area contributed by atoms with Gasteiger partial charge in [-0.3, -0.25) is 14.2 Å². The maximum atomic E-state index is 14.5. The first-order valence-electron chi connectivity index (χ1n) is 12.7. The van der Waals surface area contributed by atoms with Crippen molar-refractivity contribution < 1.29 is 22.4 Å². The molecule has 3 aromatic rings. The van der Waals surface area contributed by atoms with Crippen LogP contribution in [0.1, 0.15) is 26.3 Å². The van der Waals surface area contributed by atoms with E-state index in [0.29, 0.717) is 16.8 Å². The minimum atomic E-state index is -4.74. The minimum Gasteiger partial charge on any atom is -0.404 e. The van der Waals surface area contributed by atoms with Crippen LogP contribution < -0.4 is 16.6 Å². The lowest BCUT2D eigenvalue weighted by molar-refractivity contribution is -0.206. The first-order chi connectivity index (χ1) is 18.1. The van der Waals surface area contributed by atoms with Gasteiger partial charge in [-0.05, 0) is 47.8 Å². The van der Waals surface area contributed by atoms with Crippen molar-refractivity contribution in [3.63, 3.8) is 0 Å². The Kier molecular flexibility index (Phi) is 9.12. The van der Waals surface area contributed by atoms with E-state index in [1.165, 1.54) is 10.6 Å². The number of nitrogen functional groups attached to an aromatic ring is 1. The molecule has 10 heteroatoms. The summed E-state index contributed by atoms with van der Waals surface area (Å²) in [7, 11) is -2.90. The van der Waals surface area contributed by atoms with Crippen LogP contribution >= 0.6 is 0 Å². The molecule has 0 fully saturated rings. The average molecular weight is 560 g/mol. The van der Waals surface area contributed by atoms with E-state index >= 15 is 0 Å². The van der Waals surface area contributed by atoms with Crippen LogP contribution in [-0.2, 0) is 22.2 Å². The summed E-state index contributed by atoms with van der Waals surface area (Å²) in [6.45, 7) is 8.54. The Morgan fingerprint density at radius 3 is 2.08 bits per heavy atom. The average Bonchev–Trinajstić information content (AvgIpc) is 2.85. The molecular weight excluding hydrogens is 523 g/mol. The molecule has 3 N–H and O–H groups in total. The van der Waals surface area contributed by atoms with Crippen LogP contribution in [0.5, 0.6) is 0 Å². The number of nitrogens with zero attached hydrogens (tertiary/aromatic N) is 1. The molecule has 0 saturated carbocycles. The van der Waals surface area contributed by atoms with E-state index in [0.717, 1.165) is 0 Å². The minimum absolute atomic E-state index is 0.0715. The maximum Gasteiger partial charge on any atom is 0.415 e. The summed E-state index contributed by atoms with van der Waals surface area (Å²) in [6.07, 6.45) is -7.09. The molecule has 39 heavy (non-hydrogen) atoms. The molecule has 0 saturated heterocycles. The molecule has 1 aromatic heterocycles. The third-order valence-electron chi connectivity index (χ3n) is 7.14. The van der Waals surface area contributed by atoms with E-state index in [2.05, 4.69) is 5.32 Å². The normalized spacial score (nSPS) is 14.1. The number of carbonyl (C=O) groups excluding carboxylic acids is 1. The third-order valence-corrected chi connectivity index (χ3v) is 11.6. The van der Waals surface area contributed by atoms with Crippen molar-refractivity contribution in [2.24, 2.45) is 0 Å². The summed E-state index contributed by atoms with van der Waals surface area (Å²) in [5.41, 5.74) is 6.86. The topological polar surface area (TPSA) is 86.3 Å². The van der Waals surface area contributed by atoms with Gasteiger partial charge in [-0.25, -0.2) is 0 Å². The monoisotopic (exact) mass is 559 g/mol. The van der Waals surface area contributed by atoms with Crippen LogP contribution in [0.4, 0.5) is 18.9 Å². The number of hydrogen-bond acceptors (Lipinski definition) is 4. The number of rotatable bonds is 9. The number of nitrogens with one attached hydrogen (secondary N) is 1. The number of benzene rings is 2. The highest BCUT2D eigenvalue weighted by molar-refractivity contribution is 6.74. The highest BCUT2D eigenvalue weighted by Crippen LogP contribution is 2.40. The van der Waals surface area contributed by atoms with E-state index in [1.54, 1.807) is 73.8 Å². The van der Waals surface area contributed by atoms with Crippen molar-refractivity contribution in [1.82, 2.24) is 9.88 Å². The second-order valence-corrected chi connectivity index (χ2v) is 15.9. The zero-order valence-electron chi connectivity index (χ0n) is 22.9. The van der Waals surface area contributed by atoms with Crippen molar-refractivity contribution in [2.45, 2.75) is 70.2 Å². The maximum absolute atomic E-state index is 14.5. The first-order valence-corrected chi connectivity index (χ1v) is 15.6. The van der Waals surface area contributed by atoms with Gasteiger partial charge in [0.25, 0.3) is 5.56 Å². The molecule has 0 spiro atoms. The molecule has 0 aliphatic heterocycles. The fraction of sp³-hybridized carbons (Fsp3) is 0.379. The van der Waals surface area contributed by atoms with Crippen LogP contribution in [0.25, 0.3) is 11.3 Å². The van der Waals surface area contributed by atoms with E-state index in [4.69, 9.17) is 10.2 Å². The largest absolute Gasteiger partial charge is 0.415 e. The number of aromatic nitrogens is 1. The Labute approximate surface area is 228 Å². The van der Waals surface area contributed by atoms with E-state index in [1.807, 2.05) is 26.8 Å². The lowest BCUT2D eigenvalue weighted by Gasteiger charge is -2.42. The van der Waals surface area contributed by atoms with Crippen LogP contribution in [-0.4, -0.2) is 37.1 Å². The summed E-state index contributed by atoms with van der Waals surface area (Å²) < 4.78 is 50.7. The zero-order valence-corrected chi connectivity index (χ0v) is 23.9. The number of carbonyl (C=O) groups is 1. The third kappa shape index (κ3) is 7.60. The van der Waals surface area contributed by atoms with Crippen molar-refractivity contribution in [3.05, 3.63) is 88.7 Å². The molecule has 210 valence electrons. The predicted molar refractivity (Wildman–Crippen MR) is 151 cm³/mol. The van der Waals surface area contributed by atoms with Gasteiger partial charge in [0.15, 0.2) is 14.4 Å². The first kappa shape index (κ1) is 30.2. The fourth-order valence-electron chi connectivity index (χ4n) is 3.98. The number of nitrogens with two attached hydrogens (primary N) is 1. The number of halogens is 3. The van der Waals surface area contributed by atoms with Gasteiger partial charge in [-0.1, -0.05) is 81.4 Å². The number of hydrogen-bond donors (Lipinski definition) is 2. The van der Waals surface area contributed by atoms with Crippen LogP contribution in [0.15, 0.2) is 77.6 Å². The second kappa shape index (κ2) is 11.8. The highest BCUT2D eigenvalue weighted by atomic mass is 28.4. The fourth-order valence-corrected chi connectivity index (χ4v) is 5.27. The van der Waals surface area contributed by atoms with Gasteiger partial charge in [0.05, 0.1) is 17.4 Å². The Balaban J connectivity index is 1.99. The Bertz CT molecular complexity index is 1320. The molecule has 3 rings (SSSR count). The quantitative estimate of drug-likeness (QED) is 0.326. The smallest absolute Gasteiger partial charge is 0.404 e. The Hall–Kier alpha value is -3.37. The Morgan fingerprint density at radius 2 is 1.54 bits per heavy atom. The van der Waals surface area contributed by atoms with Gasteiger partial charge >= 0.3 is 6.18 Å². The van der Waals surface area contributed by atoms with Crippen molar-refractivity contribution in [1.29, 1.82) is 0 Å². The molecule has 2 unspecified atom stereocenters. The molecule has 2 atom stereocenters. The van der Waals surface area contributed by atoms with Crippen molar-refractivity contribution in [2.75, 3.05) is 5.73 Å².